The molecular weight excluding hydrogens is 228 g/mol. The molecule has 0 nitrogen and oxygen atoms in total. The van der Waals surface area contributed by atoms with Crippen molar-refractivity contribution in [3.63, 3.8) is 0 Å². The summed E-state index contributed by atoms with van der Waals surface area (Å²) in [7, 11) is 0. The van der Waals surface area contributed by atoms with Gasteiger partial charge in [0.1, 0.15) is 0 Å². The first-order valence-corrected chi connectivity index (χ1v) is 8.11. The van der Waals surface area contributed by atoms with Crippen molar-refractivity contribution >= 4 is 0 Å². The Morgan fingerprint density at radius 1 is 1.21 bits per heavy atom. The minimum Gasteiger partial charge on any atom is -0.0881 e. The van der Waals surface area contributed by atoms with Crippen molar-refractivity contribution in [2.45, 2.75) is 66.2 Å². The standard InChI is InChI=1S/C19H30/c1-5-7-17(14(3)4)10-15(6-2)11-19-13-16-8-9-18(19)12-16/h6,8-9,16,18-19H,5,7,10-13H2,1-4H3. The van der Waals surface area contributed by atoms with Gasteiger partial charge in [0.15, 0.2) is 0 Å². The van der Waals surface area contributed by atoms with Crippen LogP contribution in [0.5, 0.6) is 0 Å². The largest absolute Gasteiger partial charge is 0.0881 e. The van der Waals surface area contributed by atoms with Gasteiger partial charge < -0.3 is 0 Å². The van der Waals surface area contributed by atoms with E-state index in [0.29, 0.717) is 0 Å². The van der Waals surface area contributed by atoms with Crippen LogP contribution < -0.4 is 0 Å². The van der Waals surface area contributed by atoms with Crippen LogP contribution in [0, 0.1) is 17.8 Å². The Kier molecular flexibility index (Phi) is 5.07. The van der Waals surface area contributed by atoms with Crippen LogP contribution in [-0.4, -0.2) is 0 Å². The molecule has 0 amide bonds. The van der Waals surface area contributed by atoms with E-state index in [2.05, 4.69) is 45.9 Å². The molecule has 106 valence electrons. The average Bonchev–Trinajstić information content (AvgIpc) is 2.99. The van der Waals surface area contributed by atoms with Gasteiger partial charge in [-0.25, -0.2) is 0 Å². The monoisotopic (exact) mass is 258 g/mol. The summed E-state index contributed by atoms with van der Waals surface area (Å²) in [5.74, 6) is 2.73. The Bertz CT molecular complexity index is 390. The predicted molar refractivity (Wildman–Crippen MR) is 85.1 cm³/mol. The smallest absolute Gasteiger partial charge is 0.0106 e. The van der Waals surface area contributed by atoms with E-state index in [1.807, 2.05) is 0 Å². The van der Waals surface area contributed by atoms with Crippen LogP contribution in [0.15, 0.2) is 34.9 Å². The fraction of sp³-hybridized carbons (Fsp3) is 0.684. The van der Waals surface area contributed by atoms with Crippen LogP contribution in [0.3, 0.4) is 0 Å². The lowest BCUT2D eigenvalue weighted by molar-refractivity contribution is 0.440. The van der Waals surface area contributed by atoms with Crippen LogP contribution in [0.1, 0.15) is 66.2 Å². The highest BCUT2D eigenvalue weighted by Gasteiger charge is 2.35. The zero-order valence-corrected chi connectivity index (χ0v) is 13.2. The Balaban J connectivity index is 1.94. The van der Waals surface area contributed by atoms with Crippen molar-refractivity contribution in [2.75, 3.05) is 0 Å². The molecule has 19 heavy (non-hydrogen) atoms. The summed E-state index contributed by atoms with van der Waals surface area (Å²) in [6, 6.07) is 0. The summed E-state index contributed by atoms with van der Waals surface area (Å²) in [6.07, 6.45) is 15.3. The second kappa shape index (κ2) is 6.59. The number of hydrogen-bond donors (Lipinski definition) is 0. The molecule has 2 rings (SSSR count). The molecule has 0 radical (unpaired) electrons. The molecule has 0 spiro atoms. The van der Waals surface area contributed by atoms with E-state index in [-0.39, 0.29) is 0 Å². The van der Waals surface area contributed by atoms with Crippen LogP contribution in [0.2, 0.25) is 0 Å². The molecule has 2 aliphatic rings. The Morgan fingerprint density at radius 2 is 2.00 bits per heavy atom. The van der Waals surface area contributed by atoms with Gasteiger partial charge in [-0.2, -0.15) is 0 Å². The highest BCUT2D eigenvalue weighted by Crippen LogP contribution is 2.46. The van der Waals surface area contributed by atoms with Crippen molar-refractivity contribution in [2.24, 2.45) is 17.8 Å². The number of hydrogen-bond acceptors (Lipinski definition) is 0. The lowest BCUT2D eigenvalue weighted by Crippen LogP contribution is -2.08. The first kappa shape index (κ1) is 14.6. The molecule has 0 aromatic carbocycles. The van der Waals surface area contributed by atoms with Gasteiger partial charge in [-0.15, -0.1) is 0 Å². The number of rotatable bonds is 6. The quantitative estimate of drug-likeness (QED) is 0.508. The van der Waals surface area contributed by atoms with Gasteiger partial charge in [0.25, 0.3) is 0 Å². The van der Waals surface area contributed by atoms with Gasteiger partial charge in [-0.3, -0.25) is 0 Å². The van der Waals surface area contributed by atoms with Crippen LogP contribution in [-0.2, 0) is 0 Å². The Hall–Kier alpha value is -0.780. The van der Waals surface area contributed by atoms with Gasteiger partial charge in [0.05, 0.1) is 0 Å². The van der Waals surface area contributed by atoms with E-state index in [1.54, 1.807) is 11.1 Å². The molecule has 3 unspecified atom stereocenters. The lowest BCUT2D eigenvalue weighted by Gasteiger charge is -2.21. The highest BCUT2D eigenvalue weighted by atomic mass is 14.4. The number of allylic oxidation sites excluding steroid dienone is 6. The third kappa shape index (κ3) is 3.61. The SMILES string of the molecule is CC=C(CC(CCC)=C(C)C)CC1CC2C=CC1C2. The molecule has 2 aliphatic carbocycles. The second-order valence-electron chi connectivity index (χ2n) is 6.72. The summed E-state index contributed by atoms with van der Waals surface area (Å²) in [4.78, 5) is 0. The fourth-order valence-corrected chi connectivity index (χ4v) is 3.85. The maximum Gasteiger partial charge on any atom is -0.0106 e. The summed E-state index contributed by atoms with van der Waals surface area (Å²) >= 11 is 0. The minimum atomic E-state index is 0.890. The highest BCUT2D eigenvalue weighted by molar-refractivity contribution is 5.21. The first-order chi connectivity index (χ1) is 9.13. The third-order valence-electron chi connectivity index (χ3n) is 5.05. The van der Waals surface area contributed by atoms with Gasteiger partial charge in [-0.05, 0) is 70.6 Å². The molecule has 0 saturated heterocycles. The molecule has 0 N–H and O–H groups in total. The second-order valence-corrected chi connectivity index (χ2v) is 6.72. The van der Waals surface area contributed by atoms with Gasteiger partial charge in [-0.1, -0.05) is 48.3 Å². The van der Waals surface area contributed by atoms with Crippen LogP contribution in [0.25, 0.3) is 0 Å². The van der Waals surface area contributed by atoms with Gasteiger partial charge in [0.2, 0.25) is 0 Å². The van der Waals surface area contributed by atoms with Gasteiger partial charge in [0, 0.05) is 0 Å². The normalized spacial score (nSPS) is 29.1. The van der Waals surface area contributed by atoms with E-state index < -0.39 is 0 Å². The maximum absolute atomic E-state index is 2.49. The summed E-state index contributed by atoms with van der Waals surface area (Å²) < 4.78 is 0. The zero-order chi connectivity index (χ0) is 13.8. The molecular formula is C19H30. The summed E-state index contributed by atoms with van der Waals surface area (Å²) in [6.45, 7) is 9.07. The van der Waals surface area contributed by atoms with Crippen molar-refractivity contribution in [3.05, 3.63) is 34.9 Å². The molecule has 0 heteroatoms. The molecule has 0 aromatic heterocycles. The van der Waals surface area contributed by atoms with E-state index in [9.17, 15) is 0 Å². The zero-order valence-electron chi connectivity index (χ0n) is 13.2. The van der Waals surface area contributed by atoms with E-state index in [0.717, 1.165) is 17.8 Å². The van der Waals surface area contributed by atoms with Crippen molar-refractivity contribution in [3.8, 4) is 0 Å². The van der Waals surface area contributed by atoms with Gasteiger partial charge >= 0.3 is 0 Å². The topological polar surface area (TPSA) is 0 Å². The molecule has 0 heterocycles. The lowest BCUT2D eigenvalue weighted by atomic mass is 9.84. The number of fused-ring (bicyclic) bond motifs is 2. The third-order valence-corrected chi connectivity index (χ3v) is 5.05. The Morgan fingerprint density at radius 3 is 2.47 bits per heavy atom. The van der Waals surface area contributed by atoms with E-state index in [1.165, 1.54) is 44.1 Å². The molecule has 2 bridgehead atoms. The van der Waals surface area contributed by atoms with Crippen molar-refractivity contribution < 1.29 is 0 Å². The fourth-order valence-electron chi connectivity index (χ4n) is 3.85. The summed E-state index contributed by atoms with van der Waals surface area (Å²) in [5, 5.41) is 0. The average molecular weight is 258 g/mol. The van der Waals surface area contributed by atoms with Crippen molar-refractivity contribution in [1.29, 1.82) is 0 Å². The molecule has 0 aliphatic heterocycles. The van der Waals surface area contributed by atoms with Crippen LogP contribution >= 0.6 is 0 Å². The van der Waals surface area contributed by atoms with E-state index >= 15 is 0 Å². The first-order valence-electron chi connectivity index (χ1n) is 8.11. The maximum atomic E-state index is 2.49. The molecule has 3 atom stereocenters. The van der Waals surface area contributed by atoms with Crippen molar-refractivity contribution in [1.82, 2.24) is 0 Å². The van der Waals surface area contributed by atoms with Crippen LogP contribution in [0.4, 0.5) is 0 Å². The van der Waals surface area contributed by atoms with E-state index in [4.69, 9.17) is 0 Å². The molecule has 0 aromatic rings. The Labute approximate surface area is 119 Å². The predicted octanol–water partition coefficient (Wildman–Crippen LogP) is 6.06. The minimum absolute atomic E-state index is 0.890. The summed E-state index contributed by atoms with van der Waals surface area (Å²) in [5.41, 5.74) is 4.89. The molecule has 1 saturated carbocycles. The molecule has 1 fully saturated rings.